The molecule has 0 spiro atoms. The zero-order valence-electron chi connectivity index (χ0n) is 17.7. The average Bonchev–Trinajstić information content (AvgIpc) is 2.71. The average molecular weight is 433 g/mol. The summed E-state index contributed by atoms with van der Waals surface area (Å²) >= 11 is 6.08. The number of halogens is 1. The molecule has 2 heterocycles. The first-order chi connectivity index (χ1) is 14.2. The minimum absolute atomic E-state index is 0.000321. The molecule has 0 radical (unpaired) electrons. The predicted molar refractivity (Wildman–Crippen MR) is 117 cm³/mol. The second-order valence-electron chi connectivity index (χ2n) is 8.58. The van der Waals surface area contributed by atoms with E-state index in [9.17, 15) is 9.90 Å². The van der Waals surface area contributed by atoms with Gasteiger partial charge in [-0.25, -0.2) is 4.79 Å². The van der Waals surface area contributed by atoms with E-state index >= 15 is 0 Å². The Labute approximate surface area is 182 Å². The van der Waals surface area contributed by atoms with Crippen LogP contribution in [0, 0.1) is 5.92 Å². The van der Waals surface area contributed by atoms with E-state index in [-0.39, 0.29) is 12.7 Å². The number of aliphatic hydroxyl groups is 1. The Hall–Kier alpha value is -2.38. The fourth-order valence-corrected chi connectivity index (χ4v) is 3.53. The molecule has 0 aliphatic carbocycles. The van der Waals surface area contributed by atoms with Crippen LogP contribution in [-0.4, -0.2) is 51.5 Å². The van der Waals surface area contributed by atoms with Crippen LogP contribution < -0.4 is 5.32 Å². The maximum atomic E-state index is 12.2. The van der Waals surface area contributed by atoms with E-state index in [1.54, 1.807) is 11.0 Å². The largest absolute Gasteiger partial charge is 0.444 e. The molecule has 30 heavy (non-hydrogen) atoms. The second kappa shape index (κ2) is 9.62. The van der Waals surface area contributed by atoms with Gasteiger partial charge in [0.1, 0.15) is 11.3 Å². The fraction of sp³-hybridized carbons (Fsp3) is 0.500. The molecule has 0 unspecified atom stereocenters. The van der Waals surface area contributed by atoms with Crippen LogP contribution in [0.4, 0.5) is 10.5 Å². The van der Waals surface area contributed by atoms with Crippen molar-refractivity contribution < 1.29 is 14.6 Å². The van der Waals surface area contributed by atoms with E-state index in [4.69, 9.17) is 16.3 Å². The number of anilines is 1. The first-order valence-electron chi connectivity index (χ1n) is 10.2. The number of benzene rings is 1. The van der Waals surface area contributed by atoms with E-state index in [2.05, 4.69) is 15.5 Å². The van der Waals surface area contributed by atoms with Crippen molar-refractivity contribution in [3.05, 3.63) is 41.0 Å². The molecule has 1 fully saturated rings. The van der Waals surface area contributed by atoms with Crippen molar-refractivity contribution in [2.75, 3.05) is 25.0 Å². The van der Waals surface area contributed by atoms with Crippen molar-refractivity contribution in [2.24, 2.45) is 5.92 Å². The van der Waals surface area contributed by atoms with E-state index in [1.165, 1.54) is 0 Å². The van der Waals surface area contributed by atoms with E-state index in [0.717, 1.165) is 41.9 Å². The van der Waals surface area contributed by atoms with Gasteiger partial charge in [-0.05, 0) is 45.1 Å². The Balaban J connectivity index is 1.60. The molecule has 0 bridgehead atoms. The number of aliphatic hydroxyl groups excluding tert-OH is 1. The first-order valence-corrected chi connectivity index (χ1v) is 10.6. The van der Waals surface area contributed by atoms with Gasteiger partial charge in [-0.3, -0.25) is 0 Å². The summed E-state index contributed by atoms with van der Waals surface area (Å²) in [7, 11) is 0. The van der Waals surface area contributed by atoms with Crippen molar-refractivity contribution in [3.63, 3.8) is 0 Å². The Bertz CT molecular complexity index is 860. The molecule has 1 aromatic heterocycles. The van der Waals surface area contributed by atoms with Crippen LogP contribution in [0.15, 0.2) is 30.3 Å². The fourth-order valence-electron chi connectivity index (χ4n) is 3.38. The van der Waals surface area contributed by atoms with Crippen molar-refractivity contribution >= 4 is 23.4 Å². The molecule has 1 amide bonds. The van der Waals surface area contributed by atoms with Crippen molar-refractivity contribution in [1.82, 2.24) is 15.1 Å². The summed E-state index contributed by atoms with van der Waals surface area (Å²) < 4.78 is 5.46. The first kappa shape index (κ1) is 22.3. The van der Waals surface area contributed by atoms with E-state index in [0.29, 0.717) is 24.2 Å². The van der Waals surface area contributed by atoms with Crippen LogP contribution in [0.2, 0.25) is 5.15 Å². The molecule has 7 nitrogen and oxygen atoms in total. The molecule has 1 saturated heterocycles. The van der Waals surface area contributed by atoms with Crippen molar-refractivity contribution in [3.8, 4) is 11.3 Å². The van der Waals surface area contributed by atoms with Crippen LogP contribution in [0.25, 0.3) is 11.3 Å². The summed E-state index contributed by atoms with van der Waals surface area (Å²) in [4.78, 5) is 14.0. The summed E-state index contributed by atoms with van der Waals surface area (Å²) in [5.41, 5.74) is 2.80. The summed E-state index contributed by atoms with van der Waals surface area (Å²) in [5.74, 6) is 0.431. The van der Waals surface area contributed by atoms with Gasteiger partial charge < -0.3 is 20.1 Å². The molecular formula is C22H29ClN4O3. The Morgan fingerprint density at radius 3 is 2.50 bits per heavy atom. The quantitative estimate of drug-likeness (QED) is 0.730. The number of ether oxygens (including phenoxy) is 1. The maximum absolute atomic E-state index is 12.2. The summed E-state index contributed by atoms with van der Waals surface area (Å²) in [6.45, 7) is 7.77. The molecule has 162 valence electrons. The summed E-state index contributed by atoms with van der Waals surface area (Å²) in [6, 6.07) is 9.32. The number of hydrogen-bond acceptors (Lipinski definition) is 6. The highest BCUT2D eigenvalue weighted by molar-refractivity contribution is 6.29. The van der Waals surface area contributed by atoms with Gasteiger partial charge in [0.15, 0.2) is 5.15 Å². The SMILES string of the molecule is CC(C)(C)OC(=O)N1CCC(CNc2cc(Cl)nnc2-c2ccc(CO)cc2)CC1. The summed E-state index contributed by atoms with van der Waals surface area (Å²) in [5, 5.41) is 21.3. The van der Waals surface area contributed by atoms with Crippen LogP contribution in [0.3, 0.4) is 0 Å². The Morgan fingerprint density at radius 2 is 1.90 bits per heavy atom. The smallest absolute Gasteiger partial charge is 0.410 e. The number of nitrogens with zero attached hydrogens (tertiary/aromatic N) is 3. The van der Waals surface area contributed by atoms with E-state index < -0.39 is 5.60 Å². The van der Waals surface area contributed by atoms with Gasteiger partial charge in [-0.1, -0.05) is 35.9 Å². The zero-order valence-corrected chi connectivity index (χ0v) is 18.4. The number of amides is 1. The number of aromatic nitrogens is 2. The van der Waals surface area contributed by atoms with Gasteiger partial charge in [0.2, 0.25) is 0 Å². The molecular weight excluding hydrogens is 404 g/mol. The standard InChI is InChI=1S/C22H29ClN4O3/c1-22(2,3)30-21(29)27-10-8-15(9-11-27)13-24-18-12-19(23)25-26-20(18)17-6-4-16(14-28)5-7-17/h4-7,12,15,28H,8-11,13-14H2,1-3H3,(H,24,25). The molecule has 3 rings (SSSR count). The van der Waals surface area contributed by atoms with Crippen LogP contribution >= 0.6 is 11.6 Å². The lowest BCUT2D eigenvalue weighted by molar-refractivity contribution is 0.0188. The van der Waals surface area contributed by atoms with Crippen LogP contribution in [0.5, 0.6) is 0 Å². The second-order valence-corrected chi connectivity index (χ2v) is 8.96. The monoisotopic (exact) mass is 432 g/mol. The third kappa shape index (κ3) is 6.06. The van der Waals surface area contributed by atoms with Gasteiger partial charge in [0.25, 0.3) is 0 Å². The van der Waals surface area contributed by atoms with E-state index in [1.807, 2.05) is 45.0 Å². The highest BCUT2D eigenvalue weighted by Crippen LogP contribution is 2.28. The van der Waals surface area contributed by atoms with Crippen LogP contribution in [0.1, 0.15) is 39.2 Å². The number of nitrogens with one attached hydrogen (secondary N) is 1. The third-order valence-electron chi connectivity index (χ3n) is 5.02. The minimum Gasteiger partial charge on any atom is -0.444 e. The maximum Gasteiger partial charge on any atom is 0.410 e. The number of hydrogen-bond donors (Lipinski definition) is 2. The molecule has 2 aromatic rings. The lowest BCUT2D eigenvalue weighted by atomic mass is 9.97. The summed E-state index contributed by atoms with van der Waals surface area (Å²) in [6.07, 6.45) is 1.56. The molecule has 1 aliphatic rings. The number of carbonyl (C=O) groups excluding carboxylic acids is 1. The number of likely N-dealkylation sites (tertiary alicyclic amines) is 1. The van der Waals surface area contributed by atoms with Gasteiger partial charge >= 0.3 is 6.09 Å². The lowest BCUT2D eigenvalue weighted by Gasteiger charge is -2.33. The Morgan fingerprint density at radius 1 is 1.23 bits per heavy atom. The third-order valence-corrected chi connectivity index (χ3v) is 5.21. The van der Waals surface area contributed by atoms with Gasteiger partial charge in [0.05, 0.1) is 12.3 Å². The molecule has 8 heteroatoms. The zero-order chi connectivity index (χ0) is 21.7. The molecule has 0 saturated carbocycles. The number of carbonyl (C=O) groups is 1. The molecule has 0 atom stereocenters. The normalized spacial score (nSPS) is 15.2. The molecule has 1 aromatic carbocycles. The Kier molecular flexibility index (Phi) is 7.15. The predicted octanol–water partition coefficient (Wildman–Crippen LogP) is 4.35. The number of rotatable bonds is 5. The van der Waals surface area contributed by atoms with Crippen molar-refractivity contribution in [1.29, 1.82) is 0 Å². The highest BCUT2D eigenvalue weighted by Gasteiger charge is 2.27. The van der Waals surface area contributed by atoms with Gasteiger partial charge in [-0.15, -0.1) is 10.2 Å². The molecule has 2 N–H and O–H groups in total. The van der Waals surface area contributed by atoms with Crippen molar-refractivity contribution in [2.45, 2.75) is 45.8 Å². The topological polar surface area (TPSA) is 87.6 Å². The van der Waals surface area contributed by atoms with Gasteiger partial charge in [0, 0.05) is 31.3 Å². The molecule has 1 aliphatic heterocycles. The van der Waals surface area contributed by atoms with Crippen LogP contribution in [-0.2, 0) is 11.3 Å². The van der Waals surface area contributed by atoms with Gasteiger partial charge in [-0.2, -0.15) is 0 Å². The minimum atomic E-state index is -0.477. The highest BCUT2D eigenvalue weighted by atomic mass is 35.5. The number of piperidine rings is 1. The lowest BCUT2D eigenvalue weighted by Crippen LogP contribution is -2.42.